The summed E-state index contributed by atoms with van der Waals surface area (Å²) in [5, 5.41) is 9.25. The molecule has 1 aromatic rings. The summed E-state index contributed by atoms with van der Waals surface area (Å²) in [4.78, 5) is 12.1. The Morgan fingerprint density at radius 3 is 2.17 bits per heavy atom. The summed E-state index contributed by atoms with van der Waals surface area (Å²) in [5.74, 6) is -0.181. The van der Waals surface area contributed by atoms with Crippen LogP contribution in [0, 0.1) is 6.92 Å². The molecule has 1 rings (SSSR count). The highest BCUT2D eigenvalue weighted by Gasteiger charge is 2.10. The van der Waals surface area contributed by atoms with Crippen molar-refractivity contribution in [3.05, 3.63) is 52.0 Å². The molecule has 0 aliphatic carbocycles. The van der Waals surface area contributed by atoms with Crippen molar-refractivity contribution in [2.45, 2.75) is 6.92 Å². The van der Waals surface area contributed by atoms with Gasteiger partial charge in [-0.1, -0.05) is 29.8 Å². The average Bonchev–Trinajstić information content (AvgIpc) is 2.39. The van der Waals surface area contributed by atoms with Gasteiger partial charge in [-0.05, 0) is 25.0 Å². The fraction of sp³-hybridized carbons (Fsp3) is 0.214. The molecule has 0 aliphatic heterocycles. The first-order valence-corrected chi connectivity index (χ1v) is 7.82. The van der Waals surface area contributed by atoms with Crippen LogP contribution < -0.4 is 0 Å². The van der Waals surface area contributed by atoms with Crippen molar-refractivity contribution in [1.29, 1.82) is 0 Å². The molecule has 1 N–H and O–H groups in total. The Labute approximate surface area is 116 Å². The van der Waals surface area contributed by atoms with E-state index >= 15 is 0 Å². The molecule has 0 spiro atoms. The van der Waals surface area contributed by atoms with Crippen LogP contribution in [0.5, 0.6) is 0 Å². The molecular formula is C14H16O2S2. The first-order chi connectivity index (χ1) is 8.62. The number of hydrogen-bond donors (Lipinski definition) is 1. The van der Waals surface area contributed by atoms with Crippen molar-refractivity contribution in [3.63, 3.8) is 0 Å². The zero-order chi connectivity index (χ0) is 13.5. The molecule has 0 amide bonds. The van der Waals surface area contributed by atoms with E-state index < -0.39 is 0 Å². The number of hydrogen-bond acceptors (Lipinski definition) is 4. The summed E-state index contributed by atoms with van der Waals surface area (Å²) in [6, 6.07) is 7.50. The number of allylic oxidation sites excluding steroid dienone is 2. The van der Waals surface area contributed by atoms with Crippen LogP contribution in [-0.2, 0) is 4.79 Å². The van der Waals surface area contributed by atoms with Crippen molar-refractivity contribution >= 4 is 34.9 Å². The highest BCUT2D eigenvalue weighted by molar-refractivity contribution is 8.21. The van der Waals surface area contributed by atoms with Gasteiger partial charge in [0, 0.05) is 10.3 Å². The normalized spacial score (nSPS) is 11.2. The molecule has 0 saturated heterocycles. The first-order valence-electron chi connectivity index (χ1n) is 5.37. The Bertz CT molecular complexity index is 467. The maximum Gasteiger partial charge on any atom is 0.191 e. The first kappa shape index (κ1) is 14.9. The lowest BCUT2D eigenvalue weighted by molar-refractivity contribution is -0.109. The molecule has 0 radical (unpaired) electrons. The monoisotopic (exact) mass is 280 g/mol. The number of aliphatic hydroxyl groups is 1. The fourth-order valence-corrected chi connectivity index (χ4v) is 2.52. The molecule has 0 heterocycles. The Kier molecular flexibility index (Phi) is 6.09. The van der Waals surface area contributed by atoms with Gasteiger partial charge in [-0.25, -0.2) is 0 Å². The van der Waals surface area contributed by atoms with Crippen molar-refractivity contribution in [2.75, 3.05) is 12.5 Å². The van der Waals surface area contributed by atoms with Crippen LogP contribution in [0.4, 0.5) is 0 Å². The van der Waals surface area contributed by atoms with E-state index in [0.717, 1.165) is 21.6 Å². The SMILES string of the molecule is CSC(=CC(=O)/C(=C\O)c1ccc(C)cc1)SC. The third kappa shape index (κ3) is 3.96. The van der Waals surface area contributed by atoms with Gasteiger partial charge < -0.3 is 5.11 Å². The number of aliphatic hydroxyl groups excluding tert-OH is 1. The van der Waals surface area contributed by atoms with E-state index in [1.165, 1.54) is 23.5 Å². The number of rotatable bonds is 5. The maximum absolute atomic E-state index is 12.1. The molecule has 0 saturated carbocycles. The van der Waals surface area contributed by atoms with Gasteiger partial charge in [-0.2, -0.15) is 0 Å². The second-order valence-corrected chi connectivity index (χ2v) is 5.60. The fourth-order valence-electron chi connectivity index (χ4n) is 1.40. The highest BCUT2D eigenvalue weighted by atomic mass is 32.2. The number of carbonyl (C=O) groups is 1. The smallest absolute Gasteiger partial charge is 0.191 e. The number of ketones is 1. The largest absolute Gasteiger partial charge is 0.515 e. The van der Waals surface area contributed by atoms with Gasteiger partial charge in [0.1, 0.15) is 0 Å². The summed E-state index contributed by atoms with van der Waals surface area (Å²) in [7, 11) is 0. The summed E-state index contributed by atoms with van der Waals surface area (Å²) in [6.45, 7) is 1.98. The van der Waals surface area contributed by atoms with Crippen LogP contribution in [0.3, 0.4) is 0 Å². The Balaban J connectivity index is 3.01. The molecule has 18 heavy (non-hydrogen) atoms. The molecule has 0 fully saturated rings. The highest BCUT2D eigenvalue weighted by Crippen LogP contribution is 2.25. The predicted octanol–water partition coefficient (Wildman–Crippen LogP) is 4.03. The minimum Gasteiger partial charge on any atom is -0.515 e. The van der Waals surface area contributed by atoms with Gasteiger partial charge in [0.25, 0.3) is 0 Å². The maximum atomic E-state index is 12.1. The summed E-state index contributed by atoms with van der Waals surface area (Å²) in [5.41, 5.74) is 2.16. The lowest BCUT2D eigenvalue weighted by Gasteiger charge is -2.04. The second kappa shape index (κ2) is 7.34. The Hall–Kier alpha value is -1.13. The van der Waals surface area contributed by atoms with Crippen LogP contribution >= 0.6 is 23.5 Å². The van der Waals surface area contributed by atoms with Gasteiger partial charge >= 0.3 is 0 Å². The van der Waals surface area contributed by atoms with Gasteiger partial charge in [-0.15, -0.1) is 23.5 Å². The predicted molar refractivity (Wildman–Crippen MR) is 81.9 cm³/mol. The number of benzene rings is 1. The molecule has 0 aromatic heterocycles. The quantitative estimate of drug-likeness (QED) is 0.652. The Morgan fingerprint density at radius 2 is 1.72 bits per heavy atom. The van der Waals surface area contributed by atoms with Gasteiger partial charge in [0.15, 0.2) is 5.78 Å². The van der Waals surface area contributed by atoms with E-state index in [9.17, 15) is 9.90 Å². The molecule has 2 nitrogen and oxygen atoms in total. The number of aryl methyl sites for hydroxylation is 1. The lowest BCUT2D eigenvalue weighted by Crippen LogP contribution is -1.99. The van der Waals surface area contributed by atoms with Gasteiger partial charge in [-0.3, -0.25) is 4.79 Å². The van der Waals surface area contributed by atoms with Crippen LogP contribution in [0.25, 0.3) is 5.57 Å². The second-order valence-electron chi connectivity index (χ2n) is 3.64. The van der Waals surface area contributed by atoms with Crippen LogP contribution in [-0.4, -0.2) is 23.4 Å². The van der Waals surface area contributed by atoms with Crippen LogP contribution in [0.15, 0.2) is 40.8 Å². The molecule has 4 heteroatoms. The third-order valence-corrected chi connectivity index (χ3v) is 4.45. The van der Waals surface area contributed by atoms with Crippen molar-refractivity contribution < 1.29 is 9.90 Å². The molecule has 1 aromatic carbocycles. The van der Waals surface area contributed by atoms with Gasteiger partial charge in [0.05, 0.1) is 11.8 Å². The summed E-state index contributed by atoms with van der Waals surface area (Å²) in [6.07, 6.45) is 6.27. The zero-order valence-corrected chi connectivity index (χ0v) is 12.3. The van der Waals surface area contributed by atoms with Crippen molar-refractivity contribution in [2.24, 2.45) is 0 Å². The average molecular weight is 280 g/mol. The van der Waals surface area contributed by atoms with E-state index in [4.69, 9.17) is 0 Å². The number of thioether (sulfide) groups is 2. The van der Waals surface area contributed by atoms with Crippen LogP contribution in [0.2, 0.25) is 0 Å². The van der Waals surface area contributed by atoms with Gasteiger partial charge in [0.2, 0.25) is 0 Å². The van der Waals surface area contributed by atoms with E-state index in [-0.39, 0.29) is 5.78 Å². The van der Waals surface area contributed by atoms with Crippen LogP contribution in [0.1, 0.15) is 11.1 Å². The zero-order valence-electron chi connectivity index (χ0n) is 10.6. The molecule has 0 unspecified atom stereocenters. The third-order valence-electron chi connectivity index (χ3n) is 2.41. The topological polar surface area (TPSA) is 37.3 Å². The molecule has 96 valence electrons. The molecule has 0 bridgehead atoms. The van der Waals surface area contributed by atoms with Crippen molar-refractivity contribution in [1.82, 2.24) is 0 Å². The molecule has 0 aliphatic rings. The minimum absolute atomic E-state index is 0.181. The molecular weight excluding hydrogens is 264 g/mol. The Morgan fingerprint density at radius 1 is 1.17 bits per heavy atom. The van der Waals surface area contributed by atoms with E-state index in [0.29, 0.717) is 5.57 Å². The van der Waals surface area contributed by atoms with Crippen molar-refractivity contribution in [3.8, 4) is 0 Å². The summed E-state index contributed by atoms with van der Waals surface area (Å²) < 4.78 is 0.923. The summed E-state index contributed by atoms with van der Waals surface area (Å²) >= 11 is 3.04. The molecule has 0 atom stereocenters. The standard InChI is InChI=1S/C14H16O2S2/c1-10-4-6-11(7-5-10)12(9-15)13(16)8-14(17-2)18-3/h4-9,15H,1-3H3/b12-9-. The van der Waals surface area contributed by atoms with E-state index in [1.807, 2.05) is 43.7 Å². The van der Waals surface area contributed by atoms with E-state index in [1.54, 1.807) is 6.08 Å². The lowest BCUT2D eigenvalue weighted by atomic mass is 10.0. The number of carbonyl (C=O) groups excluding carboxylic acids is 1. The van der Waals surface area contributed by atoms with E-state index in [2.05, 4.69) is 0 Å². The minimum atomic E-state index is -0.181.